The van der Waals surface area contributed by atoms with E-state index >= 15 is 0 Å². The molecule has 1 atom stereocenters. The first-order valence-corrected chi connectivity index (χ1v) is 6.86. The van der Waals surface area contributed by atoms with E-state index in [1.165, 1.54) is 30.7 Å². The second-order valence-electron chi connectivity index (χ2n) is 5.16. The summed E-state index contributed by atoms with van der Waals surface area (Å²) in [5, 5.41) is 4.14. The zero-order valence-electron chi connectivity index (χ0n) is 11.6. The number of amides is 1. The van der Waals surface area contributed by atoms with E-state index in [4.69, 9.17) is 4.74 Å². The van der Waals surface area contributed by atoms with Gasteiger partial charge < -0.3 is 4.74 Å². The Labute approximate surface area is 118 Å². The number of carbonyl (C=O) groups excluding carboxylic acids is 1. The molecule has 1 aliphatic carbocycles. The number of hydrogen-bond donors (Lipinski definition) is 1. The van der Waals surface area contributed by atoms with Gasteiger partial charge in [0.15, 0.2) is 6.61 Å². The summed E-state index contributed by atoms with van der Waals surface area (Å²) in [5.74, 6) is 0.454. The van der Waals surface area contributed by atoms with Gasteiger partial charge in [0.1, 0.15) is 11.6 Å². The number of nitrogens with one attached hydrogen (secondary N) is 1. The van der Waals surface area contributed by atoms with Crippen LogP contribution in [0.25, 0.3) is 0 Å². The van der Waals surface area contributed by atoms with Crippen molar-refractivity contribution in [2.45, 2.75) is 32.6 Å². The van der Waals surface area contributed by atoms with Gasteiger partial charge in [0.2, 0.25) is 0 Å². The van der Waals surface area contributed by atoms with Crippen LogP contribution >= 0.6 is 0 Å². The average Bonchev–Trinajstić information content (AvgIpc) is 2.45. The maximum atomic E-state index is 12.7. The van der Waals surface area contributed by atoms with Gasteiger partial charge in [-0.05, 0) is 55.9 Å². The lowest BCUT2D eigenvalue weighted by Crippen LogP contribution is -2.27. The number of hydrazone groups is 1. The van der Waals surface area contributed by atoms with Gasteiger partial charge >= 0.3 is 0 Å². The van der Waals surface area contributed by atoms with Crippen molar-refractivity contribution in [1.29, 1.82) is 0 Å². The van der Waals surface area contributed by atoms with Crippen molar-refractivity contribution in [2.24, 2.45) is 11.0 Å². The Kier molecular flexibility index (Phi) is 5.09. The normalized spacial score (nSPS) is 20.7. The molecule has 0 bridgehead atoms. The summed E-state index contributed by atoms with van der Waals surface area (Å²) < 4.78 is 17.9. The highest BCUT2D eigenvalue weighted by Crippen LogP contribution is 2.20. The Bertz CT molecular complexity index is 485. The second-order valence-corrected chi connectivity index (χ2v) is 5.16. The minimum atomic E-state index is -0.334. The molecule has 1 N–H and O–H groups in total. The van der Waals surface area contributed by atoms with Gasteiger partial charge in [-0.2, -0.15) is 5.10 Å². The van der Waals surface area contributed by atoms with Crippen molar-refractivity contribution in [2.75, 3.05) is 6.61 Å². The molecule has 5 heteroatoms. The molecule has 4 nitrogen and oxygen atoms in total. The Hall–Kier alpha value is -1.91. The maximum Gasteiger partial charge on any atom is 0.277 e. The summed E-state index contributed by atoms with van der Waals surface area (Å²) in [6, 6.07) is 5.54. The van der Waals surface area contributed by atoms with Gasteiger partial charge in [-0.1, -0.05) is 6.92 Å². The van der Waals surface area contributed by atoms with E-state index < -0.39 is 0 Å². The van der Waals surface area contributed by atoms with Gasteiger partial charge in [0.05, 0.1) is 0 Å². The largest absolute Gasteiger partial charge is 0.484 e. The smallest absolute Gasteiger partial charge is 0.277 e. The average molecular weight is 278 g/mol. The fourth-order valence-electron chi connectivity index (χ4n) is 2.22. The first kappa shape index (κ1) is 14.5. The van der Waals surface area contributed by atoms with Crippen LogP contribution in [-0.2, 0) is 4.79 Å². The molecule has 0 aliphatic heterocycles. The summed E-state index contributed by atoms with van der Waals surface area (Å²) in [4.78, 5) is 11.6. The van der Waals surface area contributed by atoms with Crippen molar-refractivity contribution in [3.63, 3.8) is 0 Å². The number of ether oxygens (including phenoxy) is 1. The van der Waals surface area contributed by atoms with Gasteiger partial charge in [-0.3, -0.25) is 4.79 Å². The predicted molar refractivity (Wildman–Crippen MR) is 75.1 cm³/mol. The van der Waals surface area contributed by atoms with Crippen LogP contribution in [0.2, 0.25) is 0 Å². The molecule has 0 spiro atoms. The Morgan fingerprint density at radius 2 is 2.20 bits per heavy atom. The molecule has 1 aromatic carbocycles. The molecule has 1 amide bonds. The number of carbonyl (C=O) groups is 1. The monoisotopic (exact) mass is 278 g/mol. The van der Waals surface area contributed by atoms with Crippen molar-refractivity contribution in [3.05, 3.63) is 30.1 Å². The van der Waals surface area contributed by atoms with Crippen LogP contribution in [0, 0.1) is 11.7 Å². The minimum absolute atomic E-state index is 0.127. The highest BCUT2D eigenvalue weighted by molar-refractivity contribution is 5.87. The molecule has 0 unspecified atom stereocenters. The maximum absolute atomic E-state index is 12.7. The first-order valence-electron chi connectivity index (χ1n) is 6.86. The molecule has 20 heavy (non-hydrogen) atoms. The quantitative estimate of drug-likeness (QED) is 0.861. The fraction of sp³-hybridized carbons (Fsp3) is 0.467. The zero-order valence-corrected chi connectivity index (χ0v) is 11.6. The third-order valence-corrected chi connectivity index (χ3v) is 3.27. The highest BCUT2D eigenvalue weighted by Gasteiger charge is 2.14. The van der Waals surface area contributed by atoms with Crippen molar-refractivity contribution in [3.8, 4) is 5.75 Å². The van der Waals surface area contributed by atoms with Crippen LogP contribution < -0.4 is 10.2 Å². The number of hydrogen-bond acceptors (Lipinski definition) is 3. The third-order valence-electron chi connectivity index (χ3n) is 3.27. The standard InChI is InChI=1S/C15H19FN2O2/c1-11-3-2-4-13(9-11)17-18-15(19)10-20-14-7-5-12(16)6-8-14/h5-8,11H,2-4,9-10H2,1H3,(H,18,19)/b17-13-/t11-/m0/s1. The van der Waals surface area contributed by atoms with Crippen LogP contribution in [0.5, 0.6) is 5.75 Å². The van der Waals surface area contributed by atoms with Crippen LogP contribution in [0.15, 0.2) is 29.4 Å². The van der Waals surface area contributed by atoms with Crippen LogP contribution in [0.4, 0.5) is 4.39 Å². The van der Waals surface area contributed by atoms with Crippen molar-refractivity contribution in [1.82, 2.24) is 5.43 Å². The highest BCUT2D eigenvalue weighted by atomic mass is 19.1. The van der Waals surface area contributed by atoms with Gasteiger partial charge in [-0.15, -0.1) is 0 Å². The van der Waals surface area contributed by atoms with Crippen molar-refractivity contribution >= 4 is 11.6 Å². The number of halogens is 1. The summed E-state index contributed by atoms with van der Waals surface area (Å²) in [7, 11) is 0. The Morgan fingerprint density at radius 3 is 2.90 bits per heavy atom. The predicted octanol–water partition coefficient (Wildman–Crippen LogP) is 2.89. The van der Waals surface area contributed by atoms with E-state index in [9.17, 15) is 9.18 Å². The van der Waals surface area contributed by atoms with Crippen LogP contribution in [-0.4, -0.2) is 18.2 Å². The Balaban J connectivity index is 1.75. The fourth-order valence-corrected chi connectivity index (χ4v) is 2.22. The van der Waals surface area contributed by atoms with Gasteiger partial charge in [0.25, 0.3) is 5.91 Å². The molecule has 1 fully saturated rings. The molecule has 2 rings (SSSR count). The third kappa shape index (κ3) is 4.64. The Morgan fingerprint density at radius 1 is 1.45 bits per heavy atom. The van der Waals surface area contributed by atoms with E-state index in [-0.39, 0.29) is 18.3 Å². The number of nitrogens with zero attached hydrogens (tertiary/aromatic N) is 1. The molecule has 1 saturated carbocycles. The number of rotatable bonds is 4. The van der Waals surface area contributed by atoms with E-state index in [1.807, 2.05) is 0 Å². The number of benzene rings is 1. The molecule has 0 radical (unpaired) electrons. The van der Waals surface area contributed by atoms with Crippen LogP contribution in [0.1, 0.15) is 32.6 Å². The summed E-state index contributed by atoms with van der Waals surface area (Å²) >= 11 is 0. The van der Waals surface area contributed by atoms with E-state index in [2.05, 4.69) is 17.5 Å². The molecule has 0 aromatic heterocycles. The molecular weight excluding hydrogens is 259 g/mol. The topological polar surface area (TPSA) is 50.7 Å². The second kappa shape index (κ2) is 7.03. The van der Waals surface area contributed by atoms with Gasteiger partial charge in [-0.25, -0.2) is 9.82 Å². The molecule has 108 valence electrons. The lowest BCUT2D eigenvalue weighted by Gasteiger charge is -2.18. The SMILES string of the molecule is C[C@H]1CCC/C(=N/NC(=O)COc2ccc(F)cc2)C1. The first-order chi connectivity index (χ1) is 9.63. The molecule has 0 heterocycles. The zero-order chi connectivity index (χ0) is 14.4. The van der Waals surface area contributed by atoms with Crippen LogP contribution in [0.3, 0.4) is 0 Å². The summed E-state index contributed by atoms with van der Waals surface area (Å²) in [6.07, 6.45) is 4.24. The molecule has 1 aromatic rings. The summed E-state index contributed by atoms with van der Waals surface area (Å²) in [5.41, 5.74) is 3.55. The molecule has 1 aliphatic rings. The summed E-state index contributed by atoms with van der Waals surface area (Å²) in [6.45, 7) is 2.06. The van der Waals surface area contributed by atoms with E-state index in [0.29, 0.717) is 11.7 Å². The van der Waals surface area contributed by atoms with Crippen molar-refractivity contribution < 1.29 is 13.9 Å². The van der Waals surface area contributed by atoms with E-state index in [0.717, 1.165) is 25.0 Å². The van der Waals surface area contributed by atoms with E-state index in [1.54, 1.807) is 0 Å². The molecule has 0 saturated heterocycles. The minimum Gasteiger partial charge on any atom is -0.484 e. The molecular formula is C15H19FN2O2. The lowest BCUT2D eigenvalue weighted by molar-refractivity contribution is -0.123. The van der Waals surface area contributed by atoms with Gasteiger partial charge in [0, 0.05) is 5.71 Å². The lowest BCUT2D eigenvalue weighted by atomic mass is 9.89.